The number of para-hydroxylation sites is 1. The highest BCUT2D eigenvalue weighted by molar-refractivity contribution is 6.83. The van der Waals surface area contributed by atoms with Crippen molar-refractivity contribution in [3.8, 4) is 11.5 Å². The molecule has 128 valence electrons. The molecule has 1 aromatic rings. The molecule has 24 heavy (non-hydrogen) atoms. The van der Waals surface area contributed by atoms with Crippen LogP contribution in [0.2, 0.25) is 19.6 Å². The normalized spacial score (nSPS) is 18.1. The summed E-state index contributed by atoms with van der Waals surface area (Å²) in [6, 6.07) is 9.91. The van der Waals surface area contributed by atoms with Gasteiger partial charge in [-0.25, -0.2) is 5.01 Å². The Balaban J connectivity index is 2.57. The minimum atomic E-state index is -1.54. The Hall–Kier alpha value is -2.06. The Labute approximate surface area is 146 Å². The van der Waals surface area contributed by atoms with Crippen molar-refractivity contribution in [2.24, 2.45) is 5.10 Å². The van der Waals surface area contributed by atoms with Gasteiger partial charge < -0.3 is 4.90 Å². The van der Waals surface area contributed by atoms with Gasteiger partial charge in [0.25, 0.3) is 0 Å². The summed E-state index contributed by atoms with van der Waals surface area (Å²) < 4.78 is 0. The van der Waals surface area contributed by atoms with Crippen LogP contribution in [0.15, 0.2) is 35.4 Å². The van der Waals surface area contributed by atoms with E-state index < -0.39 is 8.07 Å². The zero-order valence-corrected chi connectivity index (χ0v) is 16.7. The lowest BCUT2D eigenvalue weighted by atomic mass is 10.0. The quantitative estimate of drug-likeness (QED) is 0.607. The molecule has 0 aliphatic carbocycles. The van der Waals surface area contributed by atoms with E-state index in [9.17, 15) is 4.79 Å². The van der Waals surface area contributed by atoms with Crippen LogP contribution in [0.5, 0.6) is 0 Å². The van der Waals surface area contributed by atoms with Gasteiger partial charge in [0.1, 0.15) is 8.07 Å². The summed E-state index contributed by atoms with van der Waals surface area (Å²) in [6.07, 6.45) is -0.266. The monoisotopic (exact) mass is 341 g/mol. The molecule has 4 nitrogen and oxygen atoms in total. The number of ketones is 1. The predicted octanol–water partition coefficient (Wildman–Crippen LogP) is 3.72. The Bertz CT molecular complexity index is 702. The highest BCUT2D eigenvalue weighted by Crippen LogP contribution is 2.30. The number of hydrazone groups is 1. The molecule has 1 atom stereocenters. The van der Waals surface area contributed by atoms with E-state index in [1.54, 1.807) is 6.92 Å². The molecule has 0 saturated heterocycles. The van der Waals surface area contributed by atoms with Crippen LogP contribution in [0.4, 0.5) is 5.69 Å². The molecule has 1 unspecified atom stereocenters. The summed E-state index contributed by atoms with van der Waals surface area (Å²) in [5, 5.41) is 6.50. The molecule has 1 aliphatic rings. The number of amidine groups is 1. The van der Waals surface area contributed by atoms with E-state index in [0.29, 0.717) is 5.84 Å². The smallest absolute Gasteiger partial charge is 0.196 e. The zero-order valence-electron chi connectivity index (χ0n) is 15.7. The summed E-state index contributed by atoms with van der Waals surface area (Å²) in [6.45, 7) is 14.5. The predicted molar refractivity (Wildman–Crippen MR) is 104 cm³/mol. The van der Waals surface area contributed by atoms with Crippen LogP contribution in [0, 0.1) is 11.5 Å². The molecule has 0 aromatic heterocycles. The van der Waals surface area contributed by atoms with E-state index in [-0.39, 0.29) is 17.5 Å². The van der Waals surface area contributed by atoms with Gasteiger partial charge in [-0.2, -0.15) is 0 Å². The van der Waals surface area contributed by atoms with Crippen molar-refractivity contribution >= 4 is 25.4 Å². The molecule has 0 spiro atoms. The molecule has 0 N–H and O–H groups in total. The van der Waals surface area contributed by atoms with Crippen LogP contribution in [-0.4, -0.2) is 36.3 Å². The van der Waals surface area contributed by atoms with Crippen LogP contribution < -0.4 is 5.01 Å². The molecule has 1 heterocycles. The van der Waals surface area contributed by atoms with E-state index >= 15 is 0 Å². The van der Waals surface area contributed by atoms with E-state index in [2.05, 4.69) is 57.0 Å². The Morgan fingerprint density at radius 3 is 2.21 bits per heavy atom. The van der Waals surface area contributed by atoms with E-state index in [4.69, 9.17) is 0 Å². The molecule has 0 saturated carbocycles. The van der Waals surface area contributed by atoms with E-state index in [1.165, 1.54) is 0 Å². The maximum Gasteiger partial charge on any atom is 0.196 e. The van der Waals surface area contributed by atoms with E-state index in [0.717, 1.165) is 5.69 Å². The first-order valence-corrected chi connectivity index (χ1v) is 11.8. The summed E-state index contributed by atoms with van der Waals surface area (Å²) in [5.41, 5.74) is 4.13. The third-order valence-corrected chi connectivity index (χ3v) is 4.44. The Morgan fingerprint density at radius 1 is 1.17 bits per heavy atom. The van der Waals surface area contributed by atoms with Gasteiger partial charge in [-0.3, -0.25) is 4.79 Å². The fourth-order valence-electron chi connectivity index (χ4n) is 2.54. The van der Waals surface area contributed by atoms with Crippen LogP contribution in [0.1, 0.15) is 27.7 Å². The second-order valence-electron chi connectivity index (χ2n) is 8.09. The number of anilines is 1. The van der Waals surface area contributed by atoms with E-state index in [1.807, 2.05) is 40.2 Å². The molecule has 0 bridgehead atoms. The Morgan fingerprint density at radius 2 is 1.75 bits per heavy atom. The van der Waals surface area contributed by atoms with Crippen molar-refractivity contribution in [2.45, 2.75) is 59.0 Å². The first-order chi connectivity index (χ1) is 11.0. The highest BCUT2D eigenvalue weighted by Gasteiger charge is 2.42. The third kappa shape index (κ3) is 4.07. The summed E-state index contributed by atoms with van der Waals surface area (Å²) >= 11 is 0. The van der Waals surface area contributed by atoms with Crippen LogP contribution >= 0.6 is 0 Å². The number of hydrogen-bond donors (Lipinski definition) is 0. The van der Waals surface area contributed by atoms with Gasteiger partial charge in [-0.1, -0.05) is 43.8 Å². The lowest BCUT2D eigenvalue weighted by Crippen LogP contribution is -2.53. The van der Waals surface area contributed by atoms with Crippen LogP contribution in [-0.2, 0) is 4.79 Å². The number of Topliss-reactive ketones (excluding diaryl/α,β-unsaturated/α-hetero) is 1. The zero-order chi connectivity index (χ0) is 18.1. The number of hydrogen-bond acceptors (Lipinski definition) is 4. The molecule has 5 heteroatoms. The maximum atomic E-state index is 12.2. The van der Waals surface area contributed by atoms with Gasteiger partial charge in [0, 0.05) is 12.5 Å². The maximum absolute atomic E-state index is 12.2. The van der Waals surface area contributed by atoms with Gasteiger partial charge in [0.15, 0.2) is 17.8 Å². The SMILES string of the molecule is CC(=O)C1=NN(c2ccccc2)C(C#C[Si](C)(C)C)N1C(C)(C)C. The second-order valence-corrected chi connectivity index (χ2v) is 12.8. The lowest BCUT2D eigenvalue weighted by molar-refractivity contribution is -0.112. The summed E-state index contributed by atoms with van der Waals surface area (Å²) in [5.74, 6) is 3.84. The highest BCUT2D eigenvalue weighted by atomic mass is 28.3. The van der Waals surface area contributed by atoms with Crippen LogP contribution in [0.3, 0.4) is 0 Å². The average Bonchev–Trinajstić information content (AvgIpc) is 2.85. The fraction of sp³-hybridized carbons (Fsp3) is 0.474. The van der Waals surface area contributed by atoms with Gasteiger partial charge in [0.05, 0.1) is 5.69 Å². The standard InChI is InChI=1S/C19H27N3OSi/c1-15(23)18-20-22(16-11-9-8-10-12-16)17(13-14-24(5,6)7)21(18)19(2,3)4/h8-12,17H,1-7H3. The molecule has 1 aliphatic heterocycles. The number of carbonyl (C=O) groups excluding carboxylic acids is 1. The minimum absolute atomic E-state index is 0.0387. The fourth-order valence-corrected chi connectivity index (χ4v) is 3.10. The first-order valence-electron chi connectivity index (χ1n) is 8.26. The average molecular weight is 342 g/mol. The third-order valence-electron chi connectivity index (χ3n) is 3.54. The lowest BCUT2D eigenvalue weighted by Gasteiger charge is -2.38. The van der Waals surface area contributed by atoms with Crippen molar-refractivity contribution in [3.05, 3.63) is 30.3 Å². The summed E-state index contributed by atoms with van der Waals surface area (Å²) in [4.78, 5) is 14.2. The number of rotatable bonds is 2. The summed E-state index contributed by atoms with van der Waals surface area (Å²) in [7, 11) is -1.54. The van der Waals surface area contributed by atoms with Crippen molar-refractivity contribution in [1.29, 1.82) is 0 Å². The van der Waals surface area contributed by atoms with Crippen molar-refractivity contribution in [3.63, 3.8) is 0 Å². The number of benzene rings is 1. The molecule has 0 amide bonds. The molecule has 0 radical (unpaired) electrons. The molecule has 1 aromatic carbocycles. The molecular formula is C19H27N3OSi. The largest absolute Gasteiger partial charge is 0.315 e. The molecule has 2 rings (SSSR count). The number of carbonyl (C=O) groups is 1. The van der Waals surface area contributed by atoms with Crippen molar-refractivity contribution < 1.29 is 4.79 Å². The molecule has 0 fully saturated rings. The van der Waals surface area contributed by atoms with Crippen LogP contribution in [0.25, 0.3) is 0 Å². The minimum Gasteiger partial charge on any atom is -0.315 e. The first kappa shape index (κ1) is 18.3. The van der Waals surface area contributed by atoms with Gasteiger partial charge in [-0.15, -0.1) is 10.6 Å². The van der Waals surface area contributed by atoms with Gasteiger partial charge in [0.2, 0.25) is 0 Å². The van der Waals surface area contributed by atoms with Crippen molar-refractivity contribution in [2.75, 3.05) is 5.01 Å². The molecular weight excluding hydrogens is 314 g/mol. The number of nitrogens with zero attached hydrogens (tertiary/aromatic N) is 3. The Kier molecular flexibility index (Phi) is 4.91. The second kappa shape index (κ2) is 6.44. The van der Waals surface area contributed by atoms with Gasteiger partial charge >= 0.3 is 0 Å². The van der Waals surface area contributed by atoms with Gasteiger partial charge in [-0.05, 0) is 32.9 Å². The topological polar surface area (TPSA) is 35.9 Å². The van der Waals surface area contributed by atoms with Crippen molar-refractivity contribution in [1.82, 2.24) is 4.90 Å².